The highest BCUT2D eigenvalue weighted by Gasteiger charge is 2.34. The molecule has 0 bridgehead atoms. The van der Waals surface area contributed by atoms with Gasteiger partial charge >= 0.3 is 0 Å². The first kappa shape index (κ1) is 19.9. The van der Waals surface area contributed by atoms with Crippen LogP contribution in [0.5, 0.6) is 0 Å². The first-order valence-electron chi connectivity index (χ1n) is 8.70. The molecule has 3 nitrogen and oxygen atoms in total. The minimum atomic E-state index is 0.759. The number of piperazine rings is 1. The van der Waals surface area contributed by atoms with E-state index < -0.39 is 0 Å². The first-order valence-corrected chi connectivity index (χ1v) is 8.70. The molecular weight excluding hydrogens is 246 g/mol. The number of rotatable bonds is 2. The summed E-state index contributed by atoms with van der Waals surface area (Å²) in [5.41, 5.74) is 0. The van der Waals surface area contributed by atoms with Crippen molar-refractivity contribution >= 4 is 0 Å². The van der Waals surface area contributed by atoms with Crippen LogP contribution in [0.2, 0.25) is 0 Å². The molecule has 20 heavy (non-hydrogen) atoms. The van der Waals surface area contributed by atoms with Crippen molar-refractivity contribution in [3.63, 3.8) is 0 Å². The third kappa shape index (κ3) is 5.71. The van der Waals surface area contributed by atoms with Crippen molar-refractivity contribution in [2.45, 2.75) is 60.0 Å². The van der Waals surface area contributed by atoms with Gasteiger partial charge in [0.05, 0.1) is 0 Å². The zero-order chi connectivity index (χ0) is 15.7. The highest BCUT2D eigenvalue weighted by molar-refractivity contribution is 4.89. The van der Waals surface area contributed by atoms with Gasteiger partial charge in [-0.15, -0.1) is 0 Å². The summed E-state index contributed by atoms with van der Waals surface area (Å²) in [7, 11) is 4.50. The lowest BCUT2D eigenvalue weighted by molar-refractivity contribution is 0.127. The van der Waals surface area contributed by atoms with E-state index in [4.69, 9.17) is 0 Å². The molecular formula is C17H39N3. The number of hydrogen-bond acceptors (Lipinski definition) is 3. The van der Waals surface area contributed by atoms with Crippen molar-refractivity contribution in [2.24, 2.45) is 5.92 Å². The second kappa shape index (κ2) is 10.6. The molecule has 0 aromatic rings. The zero-order valence-electron chi connectivity index (χ0n) is 15.3. The lowest BCUT2D eigenvalue weighted by Crippen LogP contribution is -2.47. The maximum atomic E-state index is 2.66. The van der Waals surface area contributed by atoms with Crippen LogP contribution in [0.25, 0.3) is 0 Å². The number of hydrogen-bond donors (Lipinski definition) is 0. The highest BCUT2D eigenvalue weighted by Crippen LogP contribution is 2.28. The molecule has 3 atom stereocenters. The molecule has 0 amide bonds. The van der Waals surface area contributed by atoms with Crippen LogP contribution < -0.4 is 0 Å². The molecule has 2 unspecified atom stereocenters. The van der Waals surface area contributed by atoms with Crippen LogP contribution in [-0.2, 0) is 0 Å². The van der Waals surface area contributed by atoms with Gasteiger partial charge in [0.25, 0.3) is 0 Å². The third-order valence-corrected chi connectivity index (χ3v) is 4.75. The summed E-state index contributed by atoms with van der Waals surface area (Å²) in [5, 5.41) is 0. The van der Waals surface area contributed by atoms with Gasteiger partial charge in [0, 0.05) is 44.8 Å². The van der Waals surface area contributed by atoms with Crippen molar-refractivity contribution in [3.05, 3.63) is 0 Å². The summed E-state index contributed by atoms with van der Waals surface area (Å²) >= 11 is 0. The van der Waals surface area contributed by atoms with Crippen LogP contribution >= 0.6 is 0 Å². The fourth-order valence-electron chi connectivity index (χ4n) is 3.12. The van der Waals surface area contributed by atoms with Crippen LogP contribution in [0.4, 0.5) is 0 Å². The molecule has 2 saturated heterocycles. The average Bonchev–Trinajstić information content (AvgIpc) is 2.73. The minimum absolute atomic E-state index is 0.759. The molecule has 0 aromatic heterocycles. The normalized spacial score (nSPS) is 32.1. The van der Waals surface area contributed by atoms with Crippen molar-refractivity contribution in [3.8, 4) is 0 Å². The smallest absolute Gasteiger partial charge is 0.0110 e. The quantitative estimate of drug-likeness (QED) is 0.772. The summed E-state index contributed by atoms with van der Waals surface area (Å²) in [5.74, 6) is 0.878. The lowest BCUT2D eigenvalue weighted by atomic mass is 9.99. The molecule has 2 fully saturated rings. The zero-order valence-corrected chi connectivity index (χ0v) is 15.3. The minimum Gasteiger partial charge on any atom is -0.304 e. The van der Waals surface area contributed by atoms with Gasteiger partial charge in [0.2, 0.25) is 0 Å². The Balaban J connectivity index is 0.000000829. The topological polar surface area (TPSA) is 9.72 Å². The Morgan fingerprint density at radius 1 is 0.850 bits per heavy atom. The predicted molar refractivity (Wildman–Crippen MR) is 91.4 cm³/mol. The van der Waals surface area contributed by atoms with E-state index in [1.54, 1.807) is 0 Å². The Labute approximate surface area is 128 Å². The second-order valence-electron chi connectivity index (χ2n) is 5.85. The van der Waals surface area contributed by atoms with E-state index in [-0.39, 0.29) is 0 Å². The van der Waals surface area contributed by atoms with Gasteiger partial charge in [-0.3, -0.25) is 0 Å². The maximum Gasteiger partial charge on any atom is 0.0110 e. The lowest BCUT2D eigenvalue weighted by Gasteiger charge is -2.35. The van der Waals surface area contributed by atoms with Gasteiger partial charge < -0.3 is 14.7 Å². The Hall–Kier alpha value is -0.120. The Kier molecular flexibility index (Phi) is 10.5. The van der Waals surface area contributed by atoms with Crippen LogP contribution in [0.15, 0.2) is 0 Å². The molecule has 0 spiro atoms. The number of likely N-dealkylation sites (tertiary alicyclic amines) is 1. The fraction of sp³-hybridized carbons (Fsp3) is 1.00. The monoisotopic (exact) mass is 285 g/mol. The van der Waals surface area contributed by atoms with Crippen molar-refractivity contribution < 1.29 is 0 Å². The summed E-state index contributed by atoms with van der Waals surface area (Å²) < 4.78 is 0. The van der Waals surface area contributed by atoms with Crippen molar-refractivity contribution in [1.29, 1.82) is 0 Å². The van der Waals surface area contributed by atoms with Gasteiger partial charge in [-0.25, -0.2) is 0 Å². The van der Waals surface area contributed by atoms with Gasteiger partial charge in [-0.1, -0.05) is 27.7 Å². The standard InChI is InChI=1S/C13H27N3.2C2H6/c1-11-9-13(12(2)15(11)4)10-16-7-5-14(3)6-8-16;2*1-2/h11-13H,5-10H2,1-4H3;2*1-2H3/t11?,12-,13?;;/m1../s1. The molecule has 2 aliphatic heterocycles. The van der Waals surface area contributed by atoms with Gasteiger partial charge in [-0.2, -0.15) is 0 Å². The molecule has 3 heteroatoms. The Morgan fingerprint density at radius 3 is 1.75 bits per heavy atom. The van der Waals surface area contributed by atoms with Gasteiger partial charge in [0.1, 0.15) is 0 Å². The maximum absolute atomic E-state index is 2.66. The molecule has 0 aromatic carbocycles. The number of nitrogens with zero attached hydrogens (tertiary/aromatic N) is 3. The van der Waals surface area contributed by atoms with E-state index in [0.717, 1.165) is 18.0 Å². The third-order valence-electron chi connectivity index (χ3n) is 4.75. The summed E-state index contributed by atoms with van der Waals surface area (Å²) in [6, 6.07) is 1.53. The largest absolute Gasteiger partial charge is 0.304 e. The molecule has 2 aliphatic rings. The first-order chi connectivity index (χ1) is 9.58. The van der Waals surface area contributed by atoms with E-state index in [2.05, 4.69) is 42.6 Å². The molecule has 2 rings (SSSR count). The summed E-state index contributed by atoms with van der Waals surface area (Å²) in [4.78, 5) is 7.64. The highest BCUT2D eigenvalue weighted by atomic mass is 15.3. The Morgan fingerprint density at radius 2 is 1.35 bits per heavy atom. The number of likely N-dealkylation sites (N-methyl/N-ethyl adjacent to an activating group) is 1. The summed E-state index contributed by atoms with van der Waals surface area (Å²) in [6.07, 6.45) is 1.38. The SMILES string of the molecule is CC.CC.CC1CC(CN2CCN(C)CC2)[C@@H](C)N1C. The van der Waals surface area contributed by atoms with Crippen LogP contribution in [0.1, 0.15) is 48.0 Å². The molecule has 0 aliphatic carbocycles. The van der Waals surface area contributed by atoms with E-state index in [9.17, 15) is 0 Å². The predicted octanol–water partition coefficient (Wildman–Crippen LogP) is 3.01. The van der Waals surface area contributed by atoms with Crippen LogP contribution in [0, 0.1) is 5.92 Å². The molecule has 0 saturated carbocycles. The van der Waals surface area contributed by atoms with Crippen LogP contribution in [-0.4, -0.2) is 73.6 Å². The molecule has 0 radical (unpaired) electrons. The average molecular weight is 286 g/mol. The molecule has 2 heterocycles. The van der Waals surface area contributed by atoms with E-state index in [1.165, 1.54) is 39.1 Å². The van der Waals surface area contributed by atoms with E-state index in [1.807, 2.05) is 27.7 Å². The van der Waals surface area contributed by atoms with Gasteiger partial charge in [0.15, 0.2) is 0 Å². The van der Waals surface area contributed by atoms with Gasteiger partial charge in [-0.05, 0) is 40.3 Å². The fourth-order valence-corrected chi connectivity index (χ4v) is 3.12. The second-order valence-corrected chi connectivity index (χ2v) is 5.85. The van der Waals surface area contributed by atoms with Crippen LogP contribution in [0.3, 0.4) is 0 Å². The summed E-state index contributed by atoms with van der Waals surface area (Å²) in [6.45, 7) is 19.1. The molecule has 122 valence electrons. The van der Waals surface area contributed by atoms with Crippen molar-refractivity contribution in [2.75, 3.05) is 46.8 Å². The Bertz CT molecular complexity index is 224. The molecule has 0 N–H and O–H groups in total. The van der Waals surface area contributed by atoms with E-state index in [0.29, 0.717) is 0 Å². The van der Waals surface area contributed by atoms with E-state index >= 15 is 0 Å². The van der Waals surface area contributed by atoms with Crippen molar-refractivity contribution in [1.82, 2.24) is 14.7 Å².